The van der Waals surface area contributed by atoms with E-state index in [1.807, 2.05) is 0 Å². The molecule has 2 rings (SSSR count). The number of carbonyl (C=O) groups excluding carboxylic acids is 1. The van der Waals surface area contributed by atoms with Crippen LogP contribution in [-0.4, -0.2) is 27.3 Å². The zero-order valence-corrected chi connectivity index (χ0v) is 9.30. The fourth-order valence-corrected chi connectivity index (χ4v) is 2.23. The van der Waals surface area contributed by atoms with Gasteiger partial charge in [-0.05, 0) is 0 Å². The monoisotopic (exact) mass is 195 g/mol. The van der Waals surface area contributed by atoms with E-state index in [0.29, 0.717) is 6.42 Å². The van der Waals surface area contributed by atoms with E-state index in [2.05, 4.69) is 0 Å². The van der Waals surface area contributed by atoms with Gasteiger partial charge in [0.2, 0.25) is 5.91 Å². The van der Waals surface area contributed by atoms with E-state index in [4.69, 9.17) is 5.11 Å². The summed E-state index contributed by atoms with van der Waals surface area (Å²) in [5, 5.41) is 10.2. The second kappa shape index (κ2) is 3.41. The summed E-state index contributed by atoms with van der Waals surface area (Å²) in [6, 6.07) is 0. The average Bonchev–Trinajstić information content (AvgIpc) is 2.25. The van der Waals surface area contributed by atoms with Gasteiger partial charge in [0, 0.05) is 5.41 Å². The van der Waals surface area contributed by atoms with Crippen LogP contribution in [0.4, 0.5) is 0 Å². The molecule has 0 aliphatic carbocycles. The molecule has 2 heterocycles. The van der Waals surface area contributed by atoms with E-state index in [-0.39, 0.29) is 48.0 Å². The summed E-state index contributed by atoms with van der Waals surface area (Å²) in [7, 11) is 0. The molecule has 1 atom stereocenters. The maximum Gasteiger partial charge on any atom is 1.00 e. The molecule has 1 saturated heterocycles. The van der Waals surface area contributed by atoms with Crippen LogP contribution in [0.25, 0.3) is 0 Å². The Kier molecular flexibility index (Phi) is 2.88. The van der Waals surface area contributed by atoms with Gasteiger partial charge in [0.05, 0.1) is 11.8 Å². The van der Waals surface area contributed by atoms with Gasteiger partial charge >= 0.3 is 35.5 Å². The summed E-state index contributed by atoms with van der Waals surface area (Å²) in [4.78, 5) is 22.6. The Bertz CT molecular complexity index is 283. The number of hydrogen-bond donors (Lipinski definition) is 1. The van der Waals surface area contributed by atoms with Crippen molar-refractivity contribution in [2.75, 3.05) is 0 Å². The molecule has 12 heavy (non-hydrogen) atoms. The minimum atomic E-state index is -1.02. The predicted octanol–water partition coefficient (Wildman–Crippen LogP) is -2.67. The SMILES string of the molecule is O=C(O)C1=CS[C@@H]2CC(=O)N12.[H-].[Na+]. The van der Waals surface area contributed by atoms with Gasteiger partial charge in [0.25, 0.3) is 0 Å². The van der Waals surface area contributed by atoms with Gasteiger partial charge in [-0.1, -0.05) is 0 Å². The van der Waals surface area contributed by atoms with Crippen molar-refractivity contribution in [1.82, 2.24) is 4.90 Å². The van der Waals surface area contributed by atoms with Crippen LogP contribution in [0.3, 0.4) is 0 Å². The number of aliphatic carboxylic acids is 1. The fourth-order valence-electron chi connectivity index (χ4n) is 1.14. The number of fused-ring (bicyclic) bond motifs is 1. The van der Waals surface area contributed by atoms with Crippen LogP contribution in [0.5, 0.6) is 0 Å². The number of carbonyl (C=O) groups is 2. The van der Waals surface area contributed by atoms with Crippen molar-refractivity contribution in [3.8, 4) is 0 Å². The van der Waals surface area contributed by atoms with Crippen LogP contribution in [0.2, 0.25) is 0 Å². The standard InChI is InChI=1S/C6H5NO3S.Na.H/c8-4-1-5-7(4)3(2-11-5)6(9)10;;/h2,5H,1H2,(H,9,10);;/q;+1;-1/t5-;;/m1../s1. The molecule has 0 aromatic rings. The first-order chi connectivity index (χ1) is 5.20. The normalized spacial score (nSPS) is 25.3. The molecule has 0 aromatic heterocycles. The van der Waals surface area contributed by atoms with Crippen molar-refractivity contribution in [2.45, 2.75) is 11.8 Å². The molecular formula is C6H6NNaO3S. The average molecular weight is 195 g/mol. The first-order valence-corrected chi connectivity index (χ1v) is 4.05. The van der Waals surface area contributed by atoms with Crippen molar-refractivity contribution >= 4 is 23.6 Å². The molecule has 0 radical (unpaired) electrons. The molecule has 0 bridgehead atoms. The molecule has 2 aliphatic heterocycles. The number of thioether (sulfide) groups is 1. The summed E-state index contributed by atoms with van der Waals surface area (Å²) in [5.41, 5.74) is 0.122. The molecule has 1 fully saturated rings. The van der Waals surface area contributed by atoms with Crippen LogP contribution < -0.4 is 29.6 Å². The van der Waals surface area contributed by atoms with Crippen LogP contribution in [0.1, 0.15) is 7.85 Å². The van der Waals surface area contributed by atoms with Gasteiger partial charge in [-0.3, -0.25) is 9.69 Å². The van der Waals surface area contributed by atoms with E-state index in [9.17, 15) is 9.59 Å². The minimum Gasteiger partial charge on any atom is -1.00 e. The predicted molar refractivity (Wildman–Crippen MR) is 39.7 cm³/mol. The maximum atomic E-state index is 10.8. The van der Waals surface area contributed by atoms with E-state index < -0.39 is 5.97 Å². The molecule has 0 unspecified atom stereocenters. The van der Waals surface area contributed by atoms with Crippen molar-refractivity contribution in [3.05, 3.63) is 11.1 Å². The van der Waals surface area contributed by atoms with Crippen molar-refractivity contribution in [3.63, 3.8) is 0 Å². The maximum absolute atomic E-state index is 10.8. The number of amides is 1. The Morgan fingerprint density at radius 1 is 1.83 bits per heavy atom. The molecule has 0 aromatic carbocycles. The molecular weight excluding hydrogens is 189 g/mol. The number of hydrogen-bond acceptors (Lipinski definition) is 3. The summed E-state index contributed by atoms with van der Waals surface area (Å²) in [6.07, 6.45) is 0.470. The number of β-lactam (4-membered cyclic amide) rings is 1. The minimum absolute atomic E-state index is 0. The molecule has 1 N–H and O–H groups in total. The van der Waals surface area contributed by atoms with Crippen molar-refractivity contribution < 1.29 is 45.7 Å². The van der Waals surface area contributed by atoms with E-state index in [1.165, 1.54) is 22.1 Å². The van der Waals surface area contributed by atoms with E-state index >= 15 is 0 Å². The quantitative estimate of drug-likeness (QED) is 0.366. The van der Waals surface area contributed by atoms with Gasteiger partial charge in [0.15, 0.2) is 0 Å². The van der Waals surface area contributed by atoms with Gasteiger partial charge < -0.3 is 6.53 Å². The largest absolute Gasteiger partial charge is 1.00 e. The van der Waals surface area contributed by atoms with Crippen molar-refractivity contribution in [1.29, 1.82) is 0 Å². The molecule has 1 amide bonds. The van der Waals surface area contributed by atoms with Crippen LogP contribution in [0, 0.1) is 0 Å². The topological polar surface area (TPSA) is 57.6 Å². The smallest absolute Gasteiger partial charge is 1.00 e. The number of nitrogens with zero attached hydrogens (tertiary/aromatic N) is 1. The second-order valence-electron chi connectivity index (χ2n) is 2.37. The fraction of sp³-hybridized carbons (Fsp3) is 0.333. The van der Waals surface area contributed by atoms with Crippen LogP contribution in [0.15, 0.2) is 11.1 Å². The van der Waals surface area contributed by atoms with Crippen LogP contribution >= 0.6 is 11.8 Å². The number of carboxylic acid groups (broad SMARTS) is 1. The Morgan fingerprint density at radius 3 is 2.92 bits per heavy atom. The molecule has 4 nitrogen and oxygen atoms in total. The third-order valence-electron chi connectivity index (χ3n) is 1.72. The molecule has 0 spiro atoms. The molecule has 60 valence electrons. The third kappa shape index (κ3) is 1.31. The zero-order valence-electron chi connectivity index (χ0n) is 7.48. The molecule has 2 aliphatic rings. The first-order valence-electron chi connectivity index (χ1n) is 3.11. The second-order valence-corrected chi connectivity index (χ2v) is 3.42. The van der Waals surface area contributed by atoms with Gasteiger partial charge in [-0.25, -0.2) is 4.79 Å². The Balaban J connectivity index is 0.000000720. The Hall–Kier alpha value is 0.0300. The van der Waals surface area contributed by atoms with Gasteiger partial charge in [-0.15, -0.1) is 11.8 Å². The molecule has 0 saturated carbocycles. The first kappa shape index (κ1) is 10.1. The third-order valence-corrected chi connectivity index (χ3v) is 2.77. The van der Waals surface area contributed by atoms with Gasteiger partial charge in [0.1, 0.15) is 5.70 Å². The Morgan fingerprint density at radius 2 is 2.50 bits per heavy atom. The molecule has 6 heteroatoms. The summed E-state index contributed by atoms with van der Waals surface area (Å²) in [6.45, 7) is 0. The van der Waals surface area contributed by atoms with E-state index in [0.717, 1.165) is 0 Å². The zero-order chi connectivity index (χ0) is 8.01. The van der Waals surface area contributed by atoms with Crippen molar-refractivity contribution in [2.24, 2.45) is 0 Å². The van der Waals surface area contributed by atoms with Crippen LogP contribution in [-0.2, 0) is 9.59 Å². The Labute approximate surface area is 96.8 Å². The van der Waals surface area contributed by atoms with Gasteiger partial charge in [-0.2, -0.15) is 0 Å². The summed E-state index contributed by atoms with van der Waals surface area (Å²) >= 11 is 1.39. The number of carboxylic acids is 1. The van der Waals surface area contributed by atoms with E-state index in [1.54, 1.807) is 0 Å². The number of rotatable bonds is 1. The summed E-state index contributed by atoms with van der Waals surface area (Å²) in [5.74, 6) is -1.11. The summed E-state index contributed by atoms with van der Waals surface area (Å²) < 4.78 is 0.